The van der Waals surface area contributed by atoms with Gasteiger partial charge in [0.25, 0.3) is 5.91 Å². The number of anilines is 1. The van der Waals surface area contributed by atoms with Crippen LogP contribution in [-0.2, 0) is 0 Å². The molecule has 2 N–H and O–H groups in total. The lowest BCUT2D eigenvalue weighted by Gasteiger charge is -2.16. The molecule has 2 aromatic rings. The van der Waals surface area contributed by atoms with E-state index in [1.165, 1.54) is 30.5 Å². The minimum atomic E-state index is -1.11. The van der Waals surface area contributed by atoms with Crippen LogP contribution >= 0.6 is 11.6 Å². The standard InChI is InChI=1S/C18H19ClN2O5/c1-4-25-17-13(19)7-12(9-20-17)16(22)21-14-8-11(18(23)24)5-6-15(14)26-10(2)3/h5-10H,4H2,1-3H3,(H,21,22)(H,23,24). The molecule has 0 aliphatic carbocycles. The van der Waals surface area contributed by atoms with Crippen LogP contribution in [0.25, 0.3) is 0 Å². The summed E-state index contributed by atoms with van der Waals surface area (Å²) in [5, 5.41) is 12.0. The second-order valence-corrected chi connectivity index (χ2v) is 5.99. The maximum absolute atomic E-state index is 12.5. The first kappa shape index (κ1) is 19.5. The van der Waals surface area contributed by atoms with E-state index in [2.05, 4.69) is 10.3 Å². The highest BCUT2D eigenvalue weighted by Crippen LogP contribution is 2.28. The highest BCUT2D eigenvalue weighted by atomic mass is 35.5. The number of hydrogen-bond acceptors (Lipinski definition) is 5. The Morgan fingerprint density at radius 3 is 2.58 bits per heavy atom. The molecular weight excluding hydrogens is 360 g/mol. The van der Waals surface area contributed by atoms with Gasteiger partial charge < -0.3 is 19.9 Å². The van der Waals surface area contributed by atoms with Crippen molar-refractivity contribution >= 4 is 29.2 Å². The van der Waals surface area contributed by atoms with Crippen LogP contribution in [0.1, 0.15) is 41.5 Å². The smallest absolute Gasteiger partial charge is 0.335 e. The maximum Gasteiger partial charge on any atom is 0.335 e. The molecule has 0 bridgehead atoms. The van der Waals surface area contributed by atoms with Crippen molar-refractivity contribution in [3.8, 4) is 11.6 Å². The van der Waals surface area contributed by atoms with Crippen LogP contribution in [0.3, 0.4) is 0 Å². The van der Waals surface area contributed by atoms with Gasteiger partial charge in [-0.3, -0.25) is 4.79 Å². The lowest BCUT2D eigenvalue weighted by Crippen LogP contribution is -2.15. The number of carboxylic acid groups (broad SMARTS) is 1. The minimum Gasteiger partial charge on any atom is -0.489 e. The number of aromatic nitrogens is 1. The zero-order valence-corrected chi connectivity index (χ0v) is 15.3. The first-order chi connectivity index (χ1) is 12.3. The average molecular weight is 379 g/mol. The van der Waals surface area contributed by atoms with Crippen molar-refractivity contribution in [3.05, 3.63) is 46.6 Å². The molecule has 0 saturated heterocycles. The Hall–Kier alpha value is -2.80. The Kier molecular flexibility index (Phi) is 6.41. The third-order valence-corrected chi connectivity index (χ3v) is 3.46. The van der Waals surface area contributed by atoms with E-state index in [4.69, 9.17) is 26.2 Å². The number of pyridine rings is 1. The number of halogens is 1. The van der Waals surface area contributed by atoms with Crippen molar-refractivity contribution in [2.24, 2.45) is 0 Å². The van der Waals surface area contributed by atoms with Crippen molar-refractivity contribution in [2.75, 3.05) is 11.9 Å². The van der Waals surface area contributed by atoms with Crippen LogP contribution < -0.4 is 14.8 Å². The van der Waals surface area contributed by atoms with E-state index in [0.29, 0.717) is 12.4 Å². The molecule has 1 aromatic heterocycles. The Morgan fingerprint density at radius 1 is 1.27 bits per heavy atom. The molecule has 8 heteroatoms. The fraction of sp³-hybridized carbons (Fsp3) is 0.278. The van der Waals surface area contributed by atoms with Gasteiger partial charge >= 0.3 is 5.97 Å². The summed E-state index contributed by atoms with van der Waals surface area (Å²) in [4.78, 5) is 27.7. The van der Waals surface area contributed by atoms with Crippen molar-refractivity contribution < 1.29 is 24.2 Å². The average Bonchev–Trinajstić information content (AvgIpc) is 2.57. The van der Waals surface area contributed by atoms with Crippen molar-refractivity contribution in [3.63, 3.8) is 0 Å². The number of benzene rings is 1. The van der Waals surface area contributed by atoms with E-state index in [9.17, 15) is 9.59 Å². The van der Waals surface area contributed by atoms with Gasteiger partial charge in [0.15, 0.2) is 0 Å². The molecule has 0 aliphatic rings. The molecule has 2 rings (SSSR count). The summed E-state index contributed by atoms with van der Waals surface area (Å²) < 4.78 is 10.9. The predicted octanol–water partition coefficient (Wildman–Crippen LogP) is 3.87. The van der Waals surface area contributed by atoms with E-state index in [1.807, 2.05) is 13.8 Å². The number of nitrogens with one attached hydrogen (secondary N) is 1. The van der Waals surface area contributed by atoms with E-state index in [-0.39, 0.29) is 33.8 Å². The number of ether oxygens (including phenoxy) is 2. The second-order valence-electron chi connectivity index (χ2n) is 5.58. The number of hydrogen-bond donors (Lipinski definition) is 2. The van der Waals surface area contributed by atoms with E-state index >= 15 is 0 Å². The van der Waals surface area contributed by atoms with Gasteiger partial charge in [-0.15, -0.1) is 0 Å². The predicted molar refractivity (Wildman–Crippen MR) is 97.5 cm³/mol. The fourth-order valence-electron chi connectivity index (χ4n) is 2.10. The van der Waals surface area contributed by atoms with Crippen LogP contribution in [0.2, 0.25) is 5.02 Å². The Balaban J connectivity index is 2.30. The summed E-state index contributed by atoms with van der Waals surface area (Å²) in [6.45, 7) is 5.85. The van der Waals surface area contributed by atoms with Gasteiger partial charge in [-0.05, 0) is 45.0 Å². The largest absolute Gasteiger partial charge is 0.489 e. The topological polar surface area (TPSA) is 97.8 Å². The molecule has 138 valence electrons. The van der Waals surface area contributed by atoms with Crippen LogP contribution in [0.4, 0.5) is 5.69 Å². The quantitative estimate of drug-likeness (QED) is 0.758. The van der Waals surface area contributed by atoms with Crippen LogP contribution in [0.15, 0.2) is 30.5 Å². The van der Waals surface area contributed by atoms with Gasteiger partial charge in [-0.2, -0.15) is 0 Å². The molecular formula is C18H19ClN2O5. The van der Waals surface area contributed by atoms with Crippen molar-refractivity contribution in [2.45, 2.75) is 26.9 Å². The zero-order valence-electron chi connectivity index (χ0n) is 14.6. The molecule has 7 nitrogen and oxygen atoms in total. The van der Waals surface area contributed by atoms with Crippen LogP contribution in [0, 0.1) is 0 Å². The van der Waals surface area contributed by atoms with Crippen LogP contribution in [-0.4, -0.2) is 34.7 Å². The number of carbonyl (C=O) groups excluding carboxylic acids is 1. The lowest BCUT2D eigenvalue weighted by atomic mass is 10.1. The minimum absolute atomic E-state index is 0.0271. The third-order valence-electron chi connectivity index (χ3n) is 3.19. The number of aromatic carboxylic acids is 1. The Bertz CT molecular complexity index is 823. The number of carboxylic acids is 1. The first-order valence-electron chi connectivity index (χ1n) is 7.95. The van der Waals surface area contributed by atoms with Crippen molar-refractivity contribution in [1.82, 2.24) is 4.98 Å². The first-order valence-corrected chi connectivity index (χ1v) is 8.33. The molecule has 1 heterocycles. The maximum atomic E-state index is 12.5. The van der Waals surface area contributed by atoms with Gasteiger partial charge in [0.1, 0.15) is 10.8 Å². The molecule has 26 heavy (non-hydrogen) atoms. The normalized spacial score (nSPS) is 10.5. The van der Waals surface area contributed by atoms with Gasteiger partial charge in [-0.25, -0.2) is 9.78 Å². The highest BCUT2D eigenvalue weighted by Gasteiger charge is 2.16. The monoisotopic (exact) mass is 378 g/mol. The summed E-state index contributed by atoms with van der Waals surface area (Å²) in [6.07, 6.45) is 1.18. The molecule has 1 amide bonds. The summed E-state index contributed by atoms with van der Waals surface area (Å²) in [5.41, 5.74) is 0.475. The van der Waals surface area contributed by atoms with E-state index < -0.39 is 11.9 Å². The van der Waals surface area contributed by atoms with E-state index in [1.54, 1.807) is 6.92 Å². The fourth-order valence-corrected chi connectivity index (χ4v) is 2.33. The molecule has 0 spiro atoms. The van der Waals surface area contributed by atoms with Gasteiger partial charge in [0.2, 0.25) is 5.88 Å². The number of amides is 1. The van der Waals surface area contributed by atoms with Crippen LogP contribution in [0.5, 0.6) is 11.6 Å². The second kappa shape index (κ2) is 8.53. The summed E-state index contributed by atoms with van der Waals surface area (Å²) >= 11 is 6.05. The third kappa shape index (κ3) is 4.86. The molecule has 0 fully saturated rings. The van der Waals surface area contributed by atoms with Gasteiger partial charge in [-0.1, -0.05) is 11.6 Å². The van der Waals surface area contributed by atoms with Gasteiger partial charge in [0, 0.05) is 6.20 Å². The lowest BCUT2D eigenvalue weighted by molar-refractivity contribution is 0.0696. The Morgan fingerprint density at radius 2 is 2.00 bits per heavy atom. The summed E-state index contributed by atoms with van der Waals surface area (Å²) in [5.74, 6) is -1.01. The number of rotatable bonds is 7. The molecule has 0 saturated carbocycles. The SMILES string of the molecule is CCOc1ncc(C(=O)Nc2cc(C(=O)O)ccc2OC(C)C)cc1Cl. The molecule has 1 aromatic carbocycles. The highest BCUT2D eigenvalue weighted by molar-refractivity contribution is 6.32. The molecule has 0 aliphatic heterocycles. The number of carbonyl (C=O) groups is 2. The molecule has 0 radical (unpaired) electrons. The summed E-state index contributed by atoms with van der Waals surface area (Å²) in [6, 6.07) is 5.67. The molecule has 0 unspecified atom stereocenters. The molecule has 0 atom stereocenters. The zero-order chi connectivity index (χ0) is 19.3. The Labute approximate surface area is 155 Å². The number of nitrogens with zero attached hydrogens (tertiary/aromatic N) is 1. The summed E-state index contributed by atoms with van der Waals surface area (Å²) in [7, 11) is 0. The van der Waals surface area contributed by atoms with E-state index in [0.717, 1.165) is 0 Å². The van der Waals surface area contributed by atoms with Gasteiger partial charge in [0.05, 0.1) is 29.5 Å². The van der Waals surface area contributed by atoms with Crippen molar-refractivity contribution in [1.29, 1.82) is 0 Å².